The highest BCUT2D eigenvalue weighted by atomic mass is 16.6. The highest BCUT2D eigenvalue weighted by Gasteiger charge is 2.34. The molecule has 0 radical (unpaired) electrons. The van der Waals surface area contributed by atoms with Crippen molar-refractivity contribution in [1.29, 1.82) is 0 Å². The van der Waals surface area contributed by atoms with Gasteiger partial charge in [0.05, 0.1) is 0 Å². The van der Waals surface area contributed by atoms with Crippen molar-refractivity contribution >= 4 is 5.97 Å². The summed E-state index contributed by atoms with van der Waals surface area (Å²) >= 11 is 0. The first-order chi connectivity index (χ1) is 3.84. The molecule has 0 aliphatic carbocycles. The summed E-state index contributed by atoms with van der Waals surface area (Å²) in [5.41, 5.74) is 0. The summed E-state index contributed by atoms with van der Waals surface area (Å²) in [6, 6.07) is 0. The zero-order valence-corrected chi connectivity index (χ0v) is 4.76. The Hall–Kier alpha value is -0.790. The third kappa shape index (κ3) is 1.09. The van der Waals surface area contributed by atoms with Crippen molar-refractivity contribution in [2.75, 3.05) is 0 Å². The minimum Gasteiger partial charge on any atom is -0.443 e. The number of hydrogen-bond donors (Lipinski definition) is 0. The molecular weight excluding hydrogens is 104 g/mol. The second kappa shape index (κ2) is 1.99. The van der Waals surface area contributed by atoms with Crippen LogP contribution in [0.5, 0.6) is 0 Å². The summed E-state index contributed by atoms with van der Waals surface area (Å²) < 4.78 is 4.49. The first-order valence-electron chi connectivity index (χ1n) is 2.71. The normalized spacial score (nSPS) is 26.1. The second-order valence-electron chi connectivity index (χ2n) is 1.69. The zero-order chi connectivity index (χ0) is 5.98. The van der Waals surface area contributed by atoms with E-state index in [9.17, 15) is 4.79 Å². The third-order valence-electron chi connectivity index (χ3n) is 0.965. The van der Waals surface area contributed by atoms with E-state index in [1.165, 1.54) is 0 Å². The molecule has 0 aromatic rings. The van der Waals surface area contributed by atoms with Crippen LogP contribution in [0.25, 0.3) is 0 Å². The number of epoxide rings is 1. The smallest absolute Gasteiger partial charge is 0.352 e. The second-order valence-corrected chi connectivity index (χ2v) is 1.69. The molecule has 1 fully saturated rings. The Bertz CT molecular complexity index is 126. The monoisotopic (exact) mass is 112 g/mol. The van der Waals surface area contributed by atoms with Crippen molar-refractivity contribution in [2.45, 2.75) is 19.4 Å². The lowest BCUT2D eigenvalue weighted by atomic mass is 10.3. The number of rotatable bonds is 2. The Morgan fingerprint density at radius 3 is 2.88 bits per heavy atom. The maximum atomic E-state index is 10.1. The standard InChI is InChI=1S/C6H8O2/c1-2-3-4-5-6(7)8-5/h3-5H,2H2,1H3. The van der Waals surface area contributed by atoms with Gasteiger partial charge in [0.1, 0.15) is 0 Å². The lowest BCUT2D eigenvalue weighted by Gasteiger charge is -1.70. The minimum absolute atomic E-state index is 0.102. The number of carbonyl (C=O) groups excluding carboxylic acids is 1. The van der Waals surface area contributed by atoms with Gasteiger partial charge in [0, 0.05) is 0 Å². The van der Waals surface area contributed by atoms with E-state index in [-0.39, 0.29) is 12.1 Å². The van der Waals surface area contributed by atoms with Crippen molar-refractivity contribution in [3.8, 4) is 0 Å². The van der Waals surface area contributed by atoms with E-state index in [2.05, 4.69) is 4.74 Å². The molecule has 1 aliphatic heterocycles. The van der Waals surface area contributed by atoms with Crippen LogP contribution in [0.4, 0.5) is 0 Å². The van der Waals surface area contributed by atoms with Crippen molar-refractivity contribution in [3.63, 3.8) is 0 Å². The Balaban J connectivity index is 2.21. The summed E-state index contributed by atoms with van der Waals surface area (Å²) in [7, 11) is 0. The Morgan fingerprint density at radius 1 is 1.88 bits per heavy atom. The van der Waals surface area contributed by atoms with Gasteiger partial charge in [0.15, 0.2) is 0 Å². The lowest BCUT2D eigenvalue weighted by Crippen LogP contribution is -1.76. The van der Waals surface area contributed by atoms with Crippen LogP contribution in [-0.4, -0.2) is 12.1 Å². The van der Waals surface area contributed by atoms with Crippen LogP contribution in [0, 0.1) is 0 Å². The van der Waals surface area contributed by atoms with Crippen LogP contribution in [0.15, 0.2) is 12.2 Å². The fourth-order valence-electron chi connectivity index (χ4n) is 0.469. The van der Waals surface area contributed by atoms with Gasteiger partial charge in [-0.05, 0) is 12.5 Å². The summed E-state index contributed by atoms with van der Waals surface area (Å²) in [5.74, 6) is -0.102. The third-order valence-corrected chi connectivity index (χ3v) is 0.965. The molecule has 8 heavy (non-hydrogen) atoms. The maximum Gasteiger partial charge on any atom is 0.352 e. The van der Waals surface area contributed by atoms with E-state index in [1.807, 2.05) is 13.0 Å². The number of cyclic esters (lactones) is 1. The molecule has 1 unspecified atom stereocenters. The molecule has 0 bridgehead atoms. The molecule has 2 nitrogen and oxygen atoms in total. The van der Waals surface area contributed by atoms with E-state index in [0.717, 1.165) is 6.42 Å². The average molecular weight is 112 g/mol. The molecule has 1 heterocycles. The van der Waals surface area contributed by atoms with Crippen LogP contribution in [-0.2, 0) is 9.53 Å². The van der Waals surface area contributed by atoms with Gasteiger partial charge in [-0.25, -0.2) is 4.79 Å². The van der Waals surface area contributed by atoms with Gasteiger partial charge in [-0.2, -0.15) is 0 Å². The van der Waals surface area contributed by atoms with Crippen LogP contribution < -0.4 is 0 Å². The van der Waals surface area contributed by atoms with Crippen LogP contribution in [0.2, 0.25) is 0 Å². The lowest BCUT2D eigenvalue weighted by molar-refractivity contribution is -0.117. The molecule has 2 heteroatoms. The quantitative estimate of drug-likeness (QED) is 0.392. The molecule has 0 saturated carbocycles. The topological polar surface area (TPSA) is 29.6 Å². The van der Waals surface area contributed by atoms with E-state index >= 15 is 0 Å². The molecule has 0 aromatic carbocycles. The molecule has 0 N–H and O–H groups in total. The molecule has 1 atom stereocenters. The van der Waals surface area contributed by atoms with E-state index in [0.29, 0.717) is 0 Å². The molecule has 1 saturated heterocycles. The number of ether oxygens (including phenoxy) is 1. The van der Waals surface area contributed by atoms with Crippen molar-refractivity contribution in [1.82, 2.24) is 0 Å². The summed E-state index contributed by atoms with van der Waals surface area (Å²) in [5, 5.41) is 0. The maximum absolute atomic E-state index is 10.1. The van der Waals surface area contributed by atoms with E-state index in [1.54, 1.807) is 6.08 Å². The van der Waals surface area contributed by atoms with Gasteiger partial charge < -0.3 is 4.74 Å². The molecule has 0 amide bonds. The first kappa shape index (κ1) is 5.35. The fraction of sp³-hybridized carbons (Fsp3) is 0.500. The largest absolute Gasteiger partial charge is 0.443 e. The number of hydrogen-bond acceptors (Lipinski definition) is 2. The van der Waals surface area contributed by atoms with Gasteiger partial charge in [0.25, 0.3) is 0 Å². The highest BCUT2D eigenvalue weighted by molar-refractivity contribution is 5.89. The van der Waals surface area contributed by atoms with E-state index < -0.39 is 0 Å². The van der Waals surface area contributed by atoms with Crippen molar-refractivity contribution in [3.05, 3.63) is 12.2 Å². The van der Waals surface area contributed by atoms with Crippen molar-refractivity contribution in [2.24, 2.45) is 0 Å². The average Bonchev–Trinajstić information content (AvgIpc) is 2.42. The molecule has 0 aromatic heterocycles. The van der Waals surface area contributed by atoms with Gasteiger partial charge in [0.2, 0.25) is 6.10 Å². The van der Waals surface area contributed by atoms with Crippen molar-refractivity contribution < 1.29 is 9.53 Å². The van der Waals surface area contributed by atoms with Gasteiger partial charge in [-0.1, -0.05) is 13.0 Å². The summed E-state index contributed by atoms with van der Waals surface area (Å²) in [4.78, 5) is 10.1. The predicted octanol–water partition coefficient (Wildman–Crippen LogP) is 0.878. The van der Waals surface area contributed by atoms with E-state index in [4.69, 9.17) is 0 Å². The predicted molar refractivity (Wildman–Crippen MR) is 29.3 cm³/mol. The number of carbonyl (C=O) groups is 1. The Labute approximate surface area is 48.1 Å². The molecule has 1 rings (SSSR count). The van der Waals surface area contributed by atoms with Crippen LogP contribution in [0.1, 0.15) is 13.3 Å². The summed E-state index contributed by atoms with van der Waals surface area (Å²) in [6.45, 7) is 2.02. The minimum atomic E-state index is -0.199. The summed E-state index contributed by atoms with van der Waals surface area (Å²) in [6.07, 6.45) is 4.47. The van der Waals surface area contributed by atoms with Gasteiger partial charge in [-0.3, -0.25) is 0 Å². The Morgan fingerprint density at radius 2 is 2.50 bits per heavy atom. The highest BCUT2D eigenvalue weighted by Crippen LogP contribution is 2.12. The van der Waals surface area contributed by atoms with Crippen LogP contribution >= 0.6 is 0 Å². The molecular formula is C6H8O2. The molecule has 0 spiro atoms. The molecule has 44 valence electrons. The van der Waals surface area contributed by atoms with Gasteiger partial charge >= 0.3 is 5.97 Å². The van der Waals surface area contributed by atoms with Crippen LogP contribution in [0.3, 0.4) is 0 Å². The number of allylic oxidation sites excluding steroid dienone is 1. The molecule has 1 aliphatic rings. The first-order valence-corrected chi connectivity index (χ1v) is 2.71. The van der Waals surface area contributed by atoms with Gasteiger partial charge in [-0.15, -0.1) is 0 Å². The fourth-order valence-corrected chi connectivity index (χ4v) is 0.469. The SMILES string of the molecule is CCC=CC1OC1=O. The Kier molecular flexibility index (Phi) is 1.33. The zero-order valence-electron chi connectivity index (χ0n) is 4.76.